The number of carbonyl (C=O) groups excluding carboxylic acids is 4. The van der Waals surface area contributed by atoms with Crippen LogP contribution in [0.5, 0.6) is 5.75 Å². The van der Waals surface area contributed by atoms with Gasteiger partial charge in [0.15, 0.2) is 0 Å². The number of H-pyrrole nitrogens is 1. The first-order chi connectivity index (χ1) is 19.5. The molecule has 4 atom stereocenters. The maximum absolute atomic E-state index is 13.4. The molecule has 0 fully saturated rings. The first-order valence-electron chi connectivity index (χ1n) is 13.1. The van der Waals surface area contributed by atoms with Gasteiger partial charge in [0.1, 0.15) is 23.9 Å². The van der Waals surface area contributed by atoms with E-state index in [0.717, 1.165) is 0 Å². The molecule has 0 aliphatic rings. The minimum atomic E-state index is -1.26. The number of aromatic amines is 1. The van der Waals surface area contributed by atoms with Crippen LogP contribution < -0.4 is 32.7 Å². The van der Waals surface area contributed by atoms with Crippen molar-refractivity contribution in [2.24, 2.45) is 11.5 Å². The van der Waals surface area contributed by atoms with E-state index >= 15 is 0 Å². The number of benzene rings is 1. The van der Waals surface area contributed by atoms with E-state index in [1.54, 1.807) is 12.1 Å². The zero-order chi connectivity index (χ0) is 30.4. The van der Waals surface area contributed by atoms with Crippen LogP contribution in [0.15, 0.2) is 36.8 Å². The Balaban J connectivity index is 2.15. The lowest BCUT2D eigenvalue weighted by Crippen LogP contribution is -2.57. The summed E-state index contributed by atoms with van der Waals surface area (Å²) in [7, 11) is 0. The molecule has 224 valence electrons. The molecule has 0 saturated carbocycles. The number of phenolic OH excluding ortho intramolecular Hbond substituents is 1. The molecule has 1 aromatic carbocycles. The highest BCUT2D eigenvalue weighted by molar-refractivity contribution is 5.94. The topological polar surface area (TPSA) is 255 Å². The van der Waals surface area contributed by atoms with Crippen LogP contribution in [0.1, 0.15) is 37.4 Å². The molecule has 0 unspecified atom stereocenters. The van der Waals surface area contributed by atoms with Gasteiger partial charge in [-0.1, -0.05) is 18.6 Å². The van der Waals surface area contributed by atoms with E-state index in [0.29, 0.717) is 37.1 Å². The normalized spacial score (nSPS) is 13.7. The maximum Gasteiger partial charge on any atom is 0.325 e. The Labute approximate surface area is 236 Å². The number of imidazole rings is 1. The van der Waals surface area contributed by atoms with Gasteiger partial charge < -0.3 is 47.9 Å². The molecule has 0 radical (unpaired) electrons. The molecule has 0 bridgehead atoms. The number of carboxylic acids is 1. The monoisotopic (exact) mass is 574 g/mol. The van der Waals surface area contributed by atoms with Crippen LogP contribution in [0.4, 0.5) is 0 Å². The van der Waals surface area contributed by atoms with Crippen molar-refractivity contribution in [2.45, 2.75) is 63.2 Å². The number of nitrogens with one attached hydrogen (secondary N) is 5. The second kappa shape index (κ2) is 16.6. The summed E-state index contributed by atoms with van der Waals surface area (Å²) in [5.41, 5.74) is 12.4. The lowest BCUT2D eigenvalue weighted by atomic mass is 10.0. The molecule has 41 heavy (non-hydrogen) atoms. The van der Waals surface area contributed by atoms with Gasteiger partial charge in [-0.25, -0.2) is 4.98 Å². The van der Waals surface area contributed by atoms with Crippen molar-refractivity contribution in [3.8, 4) is 5.75 Å². The highest BCUT2D eigenvalue weighted by Gasteiger charge is 2.29. The smallest absolute Gasteiger partial charge is 0.325 e. The molecule has 1 heterocycles. The molecule has 2 aromatic rings. The molecule has 0 saturated heterocycles. The minimum Gasteiger partial charge on any atom is -0.508 e. The molecule has 0 spiro atoms. The van der Waals surface area contributed by atoms with Gasteiger partial charge in [-0.2, -0.15) is 0 Å². The van der Waals surface area contributed by atoms with E-state index in [2.05, 4.69) is 31.2 Å². The van der Waals surface area contributed by atoms with E-state index in [4.69, 9.17) is 11.5 Å². The number of amides is 4. The van der Waals surface area contributed by atoms with Crippen LogP contribution >= 0.6 is 0 Å². The van der Waals surface area contributed by atoms with E-state index in [1.165, 1.54) is 31.6 Å². The summed E-state index contributed by atoms with van der Waals surface area (Å²) in [5.74, 6) is -3.95. The third-order valence-electron chi connectivity index (χ3n) is 6.10. The number of aromatic hydroxyl groups is 1. The van der Waals surface area contributed by atoms with Gasteiger partial charge in [0.25, 0.3) is 0 Å². The minimum absolute atomic E-state index is 0.00754. The third kappa shape index (κ3) is 11.6. The number of nitrogens with two attached hydrogens (primary N) is 2. The Morgan fingerprint density at radius 1 is 0.951 bits per heavy atom. The van der Waals surface area contributed by atoms with Crippen molar-refractivity contribution >= 4 is 29.6 Å². The molecule has 2 rings (SSSR count). The molecular formula is C26H38N8O7. The molecule has 15 nitrogen and oxygen atoms in total. The first kappa shape index (κ1) is 32.7. The summed E-state index contributed by atoms with van der Waals surface area (Å²) in [6.07, 6.45) is 4.55. The summed E-state index contributed by atoms with van der Waals surface area (Å²) in [4.78, 5) is 69.2. The van der Waals surface area contributed by atoms with Gasteiger partial charge in [0, 0.05) is 24.7 Å². The Morgan fingerprint density at radius 3 is 2.22 bits per heavy atom. The van der Waals surface area contributed by atoms with E-state index in [9.17, 15) is 34.2 Å². The quantitative estimate of drug-likeness (QED) is 0.0942. The van der Waals surface area contributed by atoms with Crippen LogP contribution in [0.2, 0.25) is 0 Å². The Bertz CT molecular complexity index is 1160. The number of nitrogens with zero attached hydrogens (tertiary/aromatic N) is 1. The number of phenols is 1. The number of rotatable bonds is 17. The van der Waals surface area contributed by atoms with Crippen molar-refractivity contribution in [2.75, 3.05) is 13.1 Å². The predicted molar refractivity (Wildman–Crippen MR) is 147 cm³/mol. The van der Waals surface area contributed by atoms with Gasteiger partial charge in [0.05, 0.1) is 18.9 Å². The van der Waals surface area contributed by atoms with Crippen molar-refractivity contribution in [3.05, 3.63) is 48.0 Å². The number of unbranched alkanes of at least 4 members (excludes halogenated alkanes) is 1. The molecule has 4 amide bonds. The average molecular weight is 575 g/mol. The van der Waals surface area contributed by atoms with Crippen LogP contribution in [-0.2, 0) is 36.8 Å². The van der Waals surface area contributed by atoms with E-state index < -0.39 is 60.3 Å². The zero-order valence-electron chi connectivity index (χ0n) is 22.8. The number of hydrogen-bond acceptors (Lipinski definition) is 9. The van der Waals surface area contributed by atoms with Crippen LogP contribution in [0.25, 0.3) is 0 Å². The van der Waals surface area contributed by atoms with Crippen molar-refractivity contribution in [3.63, 3.8) is 0 Å². The summed E-state index contributed by atoms with van der Waals surface area (Å²) in [5, 5.41) is 28.7. The number of carbonyl (C=O) groups is 5. The second-order valence-electron chi connectivity index (χ2n) is 9.51. The van der Waals surface area contributed by atoms with Crippen molar-refractivity contribution < 1.29 is 34.2 Å². The van der Waals surface area contributed by atoms with E-state index in [1.807, 2.05) is 0 Å². The standard InChI is InChI=1S/C26H38N8O7/c1-15(26(40)41)32-24(38)21(11-17-12-29-14-31-17)34-25(39)20(10-16-5-7-18(35)8-6-16)33-22(36)13-30-23(37)19(28)4-2-3-9-27/h5-8,12,14-15,19-21,35H,2-4,9-11,13,27-28H2,1H3,(H,29,31)(H,30,37)(H,32,38)(H,33,36)(H,34,39)(H,40,41)/t15-,19-,20-,21-/m0/s1. The number of hydrogen-bond donors (Lipinski definition) is 9. The first-order valence-corrected chi connectivity index (χ1v) is 13.1. The Morgan fingerprint density at radius 2 is 1.61 bits per heavy atom. The molecule has 1 aromatic heterocycles. The molecule has 0 aliphatic carbocycles. The lowest BCUT2D eigenvalue weighted by molar-refractivity contribution is -0.141. The SMILES string of the molecule is C[C@H](NC(=O)[C@H](Cc1cnc[nH]1)NC(=O)[C@H](Cc1ccc(O)cc1)NC(=O)CNC(=O)[C@@H](N)CCCCN)C(=O)O. The summed E-state index contributed by atoms with van der Waals surface area (Å²) in [6, 6.07) is 1.51. The zero-order valence-corrected chi connectivity index (χ0v) is 22.8. The molecule has 0 aliphatic heterocycles. The number of aliphatic carboxylic acids is 1. The third-order valence-corrected chi connectivity index (χ3v) is 6.10. The van der Waals surface area contributed by atoms with Gasteiger partial charge in [-0.05, 0) is 44.0 Å². The van der Waals surface area contributed by atoms with Gasteiger partial charge in [-0.15, -0.1) is 0 Å². The number of aromatic nitrogens is 2. The fraction of sp³-hybridized carbons (Fsp3) is 0.462. The summed E-state index contributed by atoms with van der Waals surface area (Å²) in [6.45, 7) is 1.31. The van der Waals surface area contributed by atoms with Gasteiger partial charge in [-0.3, -0.25) is 24.0 Å². The predicted octanol–water partition coefficient (Wildman–Crippen LogP) is -1.97. The maximum atomic E-state index is 13.4. The average Bonchev–Trinajstić information content (AvgIpc) is 3.45. The molecule has 15 heteroatoms. The molecule has 11 N–H and O–H groups in total. The lowest BCUT2D eigenvalue weighted by Gasteiger charge is -2.24. The van der Waals surface area contributed by atoms with E-state index in [-0.39, 0.29) is 18.6 Å². The fourth-order valence-electron chi connectivity index (χ4n) is 3.73. The van der Waals surface area contributed by atoms with Crippen molar-refractivity contribution in [1.82, 2.24) is 31.2 Å². The Hall–Kier alpha value is -4.50. The largest absolute Gasteiger partial charge is 0.508 e. The summed E-state index contributed by atoms with van der Waals surface area (Å²) < 4.78 is 0. The van der Waals surface area contributed by atoms with Crippen LogP contribution in [0, 0.1) is 0 Å². The Kier molecular flexibility index (Phi) is 13.2. The summed E-state index contributed by atoms with van der Waals surface area (Å²) >= 11 is 0. The highest BCUT2D eigenvalue weighted by atomic mass is 16.4. The highest BCUT2D eigenvalue weighted by Crippen LogP contribution is 2.12. The van der Waals surface area contributed by atoms with Crippen molar-refractivity contribution in [1.29, 1.82) is 0 Å². The second-order valence-corrected chi connectivity index (χ2v) is 9.51. The van der Waals surface area contributed by atoms with Gasteiger partial charge in [0.2, 0.25) is 23.6 Å². The molecular weight excluding hydrogens is 536 g/mol. The number of carboxylic acid groups (broad SMARTS) is 1. The van der Waals surface area contributed by atoms with Crippen LogP contribution in [0.3, 0.4) is 0 Å². The fourth-order valence-corrected chi connectivity index (χ4v) is 3.73. The van der Waals surface area contributed by atoms with Gasteiger partial charge >= 0.3 is 5.97 Å². The van der Waals surface area contributed by atoms with Crippen LogP contribution in [-0.4, -0.2) is 87.0 Å².